The van der Waals surface area contributed by atoms with Gasteiger partial charge in [-0.1, -0.05) is 93.9 Å². The van der Waals surface area contributed by atoms with Crippen LogP contribution in [-0.4, -0.2) is 104 Å². The van der Waals surface area contributed by atoms with Crippen LogP contribution in [0, 0.1) is 35.5 Å². The van der Waals surface area contributed by atoms with Crippen LogP contribution in [0.1, 0.15) is 145 Å². The van der Waals surface area contributed by atoms with Crippen molar-refractivity contribution in [3.8, 4) is 0 Å². The van der Waals surface area contributed by atoms with Gasteiger partial charge in [0, 0.05) is 25.2 Å². The SMILES string of the molecule is CC(C)[C@@H](N)C(=O)N[C@@H](C(=O)CC[C@@H](O)CP(=O)(O)CC1CCCCC1)C(C)C.CC(C)[C@H](NC(=O)[C@H](N)C(C)C)C(=O)CC[C@@H](O)CP(=O)(O)CC1CCCCC1. The van der Waals surface area contributed by atoms with Crippen LogP contribution in [0.15, 0.2) is 0 Å². The lowest BCUT2D eigenvalue weighted by molar-refractivity contribution is -0.130. The zero-order valence-corrected chi connectivity index (χ0v) is 38.7. The molecule has 0 aromatic rings. The van der Waals surface area contributed by atoms with E-state index in [9.17, 15) is 48.3 Å². The summed E-state index contributed by atoms with van der Waals surface area (Å²) in [4.78, 5) is 70.2. The molecular formula is C42H82N4O10P2. The van der Waals surface area contributed by atoms with Crippen LogP contribution in [0.2, 0.25) is 0 Å². The number of nitrogens with two attached hydrogens (primary N) is 2. The molecule has 2 unspecified atom stereocenters. The van der Waals surface area contributed by atoms with E-state index in [4.69, 9.17) is 11.5 Å². The fourth-order valence-corrected chi connectivity index (χ4v) is 12.1. The predicted octanol–water partition coefficient (Wildman–Crippen LogP) is 5.34. The molecule has 8 atom stereocenters. The number of Topliss-reactive ketones (excluding diaryl/α,β-unsaturated/α-hetero) is 2. The maximum Gasteiger partial charge on any atom is 0.237 e. The first kappa shape index (κ1) is 54.5. The summed E-state index contributed by atoms with van der Waals surface area (Å²) < 4.78 is 25.0. The highest BCUT2D eigenvalue weighted by Gasteiger charge is 2.33. The maximum atomic E-state index is 12.6. The summed E-state index contributed by atoms with van der Waals surface area (Å²) in [5.41, 5.74) is 11.7. The van der Waals surface area contributed by atoms with Crippen LogP contribution in [-0.2, 0) is 28.3 Å². The summed E-state index contributed by atoms with van der Waals surface area (Å²) in [7, 11) is -6.83. The average molecular weight is 865 g/mol. The molecule has 0 heterocycles. The first-order valence-electron chi connectivity index (χ1n) is 22.0. The molecule has 2 fully saturated rings. The summed E-state index contributed by atoms with van der Waals surface area (Å²) in [5.74, 6) is -0.883. The highest BCUT2D eigenvalue weighted by molar-refractivity contribution is 7.58. The molecule has 2 saturated carbocycles. The molecule has 0 aromatic heterocycles. The number of rotatable bonds is 24. The predicted molar refractivity (Wildman–Crippen MR) is 232 cm³/mol. The zero-order valence-electron chi connectivity index (χ0n) is 36.9. The standard InChI is InChI=1S/2C21H41N2O5P/c2*1-14(2)19(22)21(26)23-20(15(3)4)18(25)11-10-17(24)13-29(27,28)12-16-8-6-5-7-9-16/h2*14-17,19-20,24H,5-13,22H2,1-4H3,(H,23,26)(H,27,28)/t17-,19-,20+;17-,19-,20-/m11/s1. The topological polar surface area (TPSA) is 259 Å². The lowest BCUT2D eigenvalue weighted by Gasteiger charge is -2.26. The number of aliphatic hydroxyl groups is 2. The van der Waals surface area contributed by atoms with Crippen LogP contribution in [0.3, 0.4) is 0 Å². The maximum absolute atomic E-state index is 12.6. The molecule has 14 nitrogen and oxygen atoms in total. The monoisotopic (exact) mass is 865 g/mol. The number of amides is 2. The van der Waals surface area contributed by atoms with Gasteiger partial charge in [-0.05, 0) is 74.0 Å². The lowest BCUT2D eigenvalue weighted by Crippen LogP contribution is -2.52. The largest absolute Gasteiger partial charge is 0.393 e. The van der Waals surface area contributed by atoms with Gasteiger partial charge in [0.25, 0.3) is 0 Å². The molecule has 2 aliphatic rings. The number of ketones is 2. The molecule has 16 heteroatoms. The molecule has 340 valence electrons. The Morgan fingerprint density at radius 3 is 1.10 bits per heavy atom. The third-order valence-electron chi connectivity index (χ3n) is 11.6. The van der Waals surface area contributed by atoms with Gasteiger partial charge in [0.2, 0.25) is 26.6 Å². The van der Waals surface area contributed by atoms with Crippen LogP contribution < -0.4 is 22.1 Å². The zero-order chi connectivity index (χ0) is 44.4. The van der Waals surface area contributed by atoms with E-state index in [1.807, 2.05) is 55.4 Å². The number of hydrogen-bond acceptors (Lipinski definition) is 10. The Morgan fingerprint density at radius 2 is 0.845 bits per heavy atom. The van der Waals surface area contributed by atoms with Gasteiger partial charge < -0.3 is 42.1 Å². The normalized spacial score (nSPS) is 20.9. The second kappa shape index (κ2) is 26.8. The molecule has 58 heavy (non-hydrogen) atoms. The van der Waals surface area contributed by atoms with E-state index in [0.29, 0.717) is 0 Å². The average Bonchev–Trinajstić information content (AvgIpc) is 3.13. The number of carbonyl (C=O) groups excluding carboxylic acids is 4. The minimum Gasteiger partial charge on any atom is -0.393 e. The summed E-state index contributed by atoms with van der Waals surface area (Å²) in [5, 5.41) is 25.9. The number of aliphatic hydroxyl groups excluding tert-OH is 2. The molecule has 0 bridgehead atoms. The summed E-state index contributed by atoms with van der Waals surface area (Å²) in [6.07, 6.45) is 9.19. The van der Waals surface area contributed by atoms with Crippen molar-refractivity contribution in [2.24, 2.45) is 47.0 Å². The van der Waals surface area contributed by atoms with Gasteiger partial charge in [-0.25, -0.2) is 0 Å². The molecule has 0 aliphatic heterocycles. The minimum atomic E-state index is -3.41. The summed E-state index contributed by atoms with van der Waals surface area (Å²) in [6, 6.07) is -2.73. The van der Waals surface area contributed by atoms with E-state index in [2.05, 4.69) is 10.6 Å². The second-order valence-corrected chi connectivity index (χ2v) is 23.6. The van der Waals surface area contributed by atoms with Crippen molar-refractivity contribution in [2.75, 3.05) is 24.6 Å². The van der Waals surface area contributed by atoms with Gasteiger partial charge in [0.05, 0.1) is 48.7 Å². The fraction of sp³-hybridized carbons (Fsp3) is 0.905. The Balaban J connectivity index is 0.000000580. The van der Waals surface area contributed by atoms with E-state index in [1.54, 1.807) is 0 Å². The molecular weight excluding hydrogens is 782 g/mol. The highest BCUT2D eigenvalue weighted by atomic mass is 31.2. The van der Waals surface area contributed by atoms with Crippen LogP contribution >= 0.6 is 14.7 Å². The number of carbonyl (C=O) groups is 4. The van der Waals surface area contributed by atoms with Gasteiger partial charge in [-0.3, -0.25) is 28.3 Å². The molecule has 0 aromatic carbocycles. The molecule has 2 amide bonds. The Labute approximate surface area is 349 Å². The van der Waals surface area contributed by atoms with Crippen molar-refractivity contribution in [1.82, 2.24) is 10.6 Å². The molecule has 0 spiro atoms. The van der Waals surface area contributed by atoms with E-state index < -0.39 is 51.1 Å². The molecule has 10 N–H and O–H groups in total. The van der Waals surface area contributed by atoms with E-state index in [0.717, 1.165) is 51.4 Å². The quantitative estimate of drug-likeness (QED) is 0.0572. The summed E-state index contributed by atoms with van der Waals surface area (Å²) in [6.45, 7) is 14.7. The molecule has 0 saturated heterocycles. The summed E-state index contributed by atoms with van der Waals surface area (Å²) >= 11 is 0. The van der Waals surface area contributed by atoms with Gasteiger partial charge in [-0.15, -0.1) is 0 Å². The Bertz CT molecular complexity index is 1250. The van der Waals surface area contributed by atoms with E-state index in [-0.39, 0.29) is 109 Å². The van der Waals surface area contributed by atoms with Gasteiger partial charge in [-0.2, -0.15) is 0 Å². The van der Waals surface area contributed by atoms with Crippen molar-refractivity contribution in [3.05, 3.63) is 0 Å². The van der Waals surface area contributed by atoms with Crippen LogP contribution in [0.25, 0.3) is 0 Å². The van der Waals surface area contributed by atoms with Gasteiger partial charge in [0.15, 0.2) is 11.6 Å². The lowest BCUT2D eigenvalue weighted by atomic mass is 9.91. The first-order chi connectivity index (χ1) is 26.9. The van der Waals surface area contributed by atoms with Crippen molar-refractivity contribution < 1.29 is 48.3 Å². The molecule has 2 aliphatic carbocycles. The number of nitrogens with one attached hydrogen (secondary N) is 2. The molecule has 2 rings (SSSR count). The fourth-order valence-electron chi connectivity index (χ4n) is 7.81. The minimum absolute atomic E-state index is 0.0393. The Morgan fingerprint density at radius 1 is 0.552 bits per heavy atom. The Kier molecular flexibility index (Phi) is 25.1. The van der Waals surface area contributed by atoms with Crippen molar-refractivity contribution in [2.45, 2.75) is 182 Å². The van der Waals surface area contributed by atoms with E-state index >= 15 is 0 Å². The Hall–Kier alpha value is -1.50. The number of hydrogen-bond donors (Lipinski definition) is 8. The first-order valence-corrected chi connectivity index (χ1v) is 26.1. The second-order valence-electron chi connectivity index (χ2n) is 18.7. The van der Waals surface area contributed by atoms with Gasteiger partial charge >= 0.3 is 0 Å². The highest BCUT2D eigenvalue weighted by Crippen LogP contribution is 2.47. The van der Waals surface area contributed by atoms with Crippen molar-refractivity contribution >= 4 is 38.1 Å². The van der Waals surface area contributed by atoms with Crippen molar-refractivity contribution in [3.63, 3.8) is 0 Å². The third-order valence-corrected chi connectivity index (χ3v) is 15.8. The van der Waals surface area contributed by atoms with E-state index in [1.165, 1.54) is 12.8 Å². The third kappa shape index (κ3) is 21.8. The van der Waals surface area contributed by atoms with Crippen LogP contribution in [0.5, 0.6) is 0 Å². The van der Waals surface area contributed by atoms with Crippen LogP contribution in [0.4, 0.5) is 0 Å². The van der Waals surface area contributed by atoms with Crippen molar-refractivity contribution in [1.29, 1.82) is 0 Å². The smallest absolute Gasteiger partial charge is 0.237 e. The van der Waals surface area contributed by atoms with Gasteiger partial charge in [0.1, 0.15) is 0 Å². The molecule has 0 radical (unpaired) electrons.